The number of hydrogen-bond donors (Lipinski definition) is 1. The summed E-state index contributed by atoms with van der Waals surface area (Å²) in [6.07, 6.45) is 2.10. The van der Waals surface area contributed by atoms with Crippen molar-refractivity contribution in [1.29, 1.82) is 0 Å². The molecule has 1 rings (SSSR count). The van der Waals surface area contributed by atoms with Crippen LogP contribution in [0, 0.1) is 0 Å². The van der Waals surface area contributed by atoms with E-state index in [0.717, 1.165) is 32.4 Å². The van der Waals surface area contributed by atoms with Gasteiger partial charge in [-0.25, -0.2) is 0 Å². The van der Waals surface area contributed by atoms with E-state index in [-0.39, 0.29) is 6.04 Å². The summed E-state index contributed by atoms with van der Waals surface area (Å²) >= 11 is 0. The minimum atomic E-state index is -1.03. The molecule has 1 unspecified atom stereocenters. The number of carbonyl (C=O) groups excluding carboxylic acids is 1. The first-order chi connectivity index (χ1) is 6.25. The summed E-state index contributed by atoms with van der Waals surface area (Å²) in [6.45, 7) is 4.20. The fraction of sp³-hybridized carbons (Fsp3) is 0.889. The predicted octanol–water partition coefficient (Wildman–Crippen LogP) is -0.206. The summed E-state index contributed by atoms with van der Waals surface area (Å²) in [7, 11) is 0. The molecule has 1 amide bonds. The molecule has 0 bridgehead atoms. The Hall–Kier alpha value is -0.770. The minimum Gasteiger partial charge on any atom is -0.530 e. The molecule has 1 aliphatic rings. The summed E-state index contributed by atoms with van der Waals surface area (Å²) in [5, 5.41) is 13.9. The first-order valence-corrected chi connectivity index (χ1v) is 4.94. The zero-order valence-electron chi connectivity index (χ0n) is 8.08. The number of carboxylic acid groups (broad SMARTS) is 1. The molecular formula is C9H17N2O2-. The molecule has 1 fully saturated rings. The topological polar surface area (TPSA) is 55.4 Å². The number of nitrogens with zero attached hydrogens (tertiary/aromatic N) is 1. The molecule has 1 N–H and O–H groups in total. The van der Waals surface area contributed by atoms with Gasteiger partial charge in [0.15, 0.2) is 0 Å². The van der Waals surface area contributed by atoms with Gasteiger partial charge in [0.2, 0.25) is 0 Å². The number of unbranched alkanes of at least 4 members (excludes halogenated alkanes) is 1. The van der Waals surface area contributed by atoms with E-state index < -0.39 is 6.09 Å². The van der Waals surface area contributed by atoms with E-state index in [4.69, 9.17) is 0 Å². The molecule has 0 radical (unpaired) electrons. The number of amides is 1. The van der Waals surface area contributed by atoms with Crippen LogP contribution in [0.1, 0.15) is 26.2 Å². The van der Waals surface area contributed by atoms with Gasteiger partial charge in [-0.05, 0) is 6.42 Å². The highest BCUT2D eigenvalue weighted by molar-refractivity contribution is 5.63. The zero-order valence-corrected chi connectivity index (χ0v) is 8.08. The Kier molecular flexibility index (Phi) is 4.02. The summed E-state index contributed by atoms with van der Waals surface area (Å²) in [5.41, 5.74) is 0. The Balaban J connectivity index is 2.41. The summed E-state index contributed by atoms with van der Waals surface area (Å²) in [4.78, 5) is 12.2. The van der Waals surface area contributed by atoms with E-state index >= 15 is 0 Å². The first-order valence-electron chi connectivity index (χ1n) is 4.94. The van der Waals surface area contributed by atoms with Crippen molar-refractivity contribution < 1.29 is 9.90 Å². The Labute approximate surface area is 78.9 Å². The van der Waals surface area contributed by atoms with Crippen molar-refractivity contribution in [3.63, 3.8) is 0 Å². The van der Waals surface area contributed by atoms with Gasteiger partial charge in [-0.1, -0.05) is 19.8 Å². The molecule has 13 heavy (non-hydrogen) atoms. The second-order valence-corrected chi connectivity index (χ2v) is 3.46. The molecule has 0 aromatic carbocycles. The average Bonchev–Trinajstić information content (AvgIpc) is 2.15. The lowest BCUT2D eigenvalue weighted by molar-refractivity contribution is -0.268. The van der Waals surface area contributed by atoms with Crippen molar-refractivity contribution in [1.82, 2.24) is 10.2 Å². The lowest BCUT2D eigenvalue weighted by Gasteiger charge is -2.38. The molecule has 1 saturated heterocycles. The fourth-order valence-electron chi connectivity index (χ4n) is 1.70. The van der Waals surface area contributed by atoms with Crippen LogP contribution >= 0.6 is 0 Å². The lowest BCUT2D eigenvalue weighted by Crippen LogP contribution is -2.57. The highest BCUT2D eigenvalue weighted by Gasteiger charge is 2.20. The molecule has 0 aromatic heterocycles. The van der Waals surface area contributed by atoms with Gasteiger partial charge < -0.3 is 20.1 Å². The van der Waals surface area contributed by atoms with Crippen LogP contribution in [0.5, 0.6) is 0 Å². The number of rotatable bonds is 3. The largest absolute Gasteiger partial charge is 0.530 e. The third kappa shape index (κ3) is 2.88. The quantitative estimate of drug-likeness (QED) is 0.662. The van der Waals surface area contributed by atoms with E-state index in [0.29, 0.717) is 6.54 Å². The standard InChI is InChI=1S/C9H18N2O2/c1-2-3-4-8-7-10-5-6-11(8)9(12)13/h8,10H,2-7H2,1H3,(H,12,13)/p-1. The molecule has 0 aromatic rings. The van der Waals surface area contributed by atoms with Crippen molar-refractivity contribution in [2.75, 3.05) is 19.6 Å². The Bertz CT molecular complexity index is 173. The van der Waals surface area contributed by atoms with Crippen LogP contribution in [0.25, 0.3) is 0 Å². The monoisotopic (exact) mass is 185 g/mol. The van der Waals surface area contributed by atoms with Crippen molar-refractivity contribution in [3.05, 3.63) is 0 Å². The Morgan fingerprint density at radius 2 is 2.46 bits per heavy atom. The SMILES string of the molecule is CCCCC1CNCCN1C(=O)[O-]. The second-order valence-electron chi connectivity index (χ2n) is 3.46. The van der Waals surface area contributed by atoms with E-state index in [9.17, 15) is 9.90 Å². The summed E-state index contributed by atoms with van der Waals surface area (Å²) < 4.78 is 0. The number of hydrogen-bond acceptors (Lipinski definition) is 3. The van der Waals surface area contributed by atoms with E-state index in [1.165, 1.54) is 4.90 Å². The third-order valence-corrected chi connectivity index (χ3v) is 2.48. The van der Waals surface area contributed by atoms with Crippen LogP contribution in [0.4, 0.5) is 4.79 Å². The lowest BCUT2D eigenvalue weighted by atomic mass is 10.1. The molecule has 0 aliphatic carbocycles. The van der Waals surface area contributed by atoms with Gasteiger partial charge in [-0.15, -0.1) is 0 Å². The minimum absolute atomic E-state index is 0.124. The average molecular weight is 185 g/mol. The van der Waals surface area contributed by atoms with E-state index in [1.54, 1.807) is 0 Å². The van der Waals surface area contributed by atoms with Crippen LogP contribution in [0.15, 0.2) is 0 Å². The van der Waals surface area contributed by atoms with Crippen molar-refractivity contribution >= 4 is 6.09 Å². The Morgan fingerprint density at radius 3 is 3.08 bits per heavy atom. The predicted molar refractivity (Wildman–Crippen MR) is 48.3 cm³/mol. The number of piperazine rings is 1. The fourth-order valence-corrected chi connectivity index (χ4v) is 1.70. The maximum absolute atomic E-state index is 10.7. The summed E-state index contributed by atoms with van der Waals surface area (Å²) in [5.74, 6) is 0. The van der Waals surface area contributed by atoms with Gasteiger partial charge in [0.25, 0.3) is 0 Å². The van der Waals surface area contributed by atoms with Crippen LogP contribution in [-0.2, 0) is 0 Å². The number of nitrogens with one attached hydrogen (secondary N) is 1. The van der Waals surface area contributed by atoms with Gasteiger partial charge in [0.05, 0.1) is 0 Å². The first kappa shape index (κ1) is 10.3. The molecule has 1 heterocycles. The molecule has 1 atom stereocenters. The molecule has 0 spiro atoms. The molecular weight excluding hydrogens is 168 g/mol. The van der Waals surface area contributed by atoms with E-state index in [2.05, 4.69) is 12.2 Å². The second kappa shape index (κ2) is 5.07. The molecule has 0 saturated carbocycles. The van der Waals surface area contributed by atoms with Crippen molar-refractivity contribution in [3.8, 4) is 0 Å². The highest BCUT2D eigenvalue weighted by Crippen LogP contribution is 2.10. The molecule has 4 nitrogen and oxygen atoms in total. The van der Waals surface area contributed by atoms with Gasteiger partial charge in [0, 0.05) is 25.7 Å². The van der Waals surface area contributed by atoms with Gasteiger partial charge in [-0.3, -0.25) is 0 Å². The maximum Gasteiger partial charge on any atom is 0.137 e. The van der Waals surface area contributed by atoms with Crippen molar-refractivity contribution in [2.45, 2.75) is 32.2 Å². The maximum atomic E-state index is 10.7. The summed E-state index contributed by atoms with van der Waals surface area (Å²) in [6, 6.07) is 0.124. The molecule has 4 heteroatoms. The van der Waals surface area contributed by atoms with Gasteiger partial charge in [0.1, 0.15) is 6.09 Å². The van der Waals surface area contributed by atoms with Crippen molar-refractivity contribution in [2.24, 2.45) is 0 Å². The van der Waals surface area contributed by atoms with Crippen LogP contribution < -0.4 is 10.4 Å². The normalized spacial score (nSPS) is 23.2. The number of carbonyl (C=O) groups is 1. The van der Waals surface area contributed by atoms with Gasteiger partial charge >= 0.3 is 0 Å². The Morgan fingerprint density at radius 1 is 1.69 bits per heavy atom. The smallest absolute Gasteiger partial charge is 0.137 e. The molecule has 76 valence electrons. The van der Waals surface area contributed by atoms with Gasteiger partial charge in [-0.2, -0.15) is 0 Å². The molecule has 1 aliphatic heterocycles. The van der Waals surface area contributed by atoms with Crippen LogP contribution in [-0.4, -0.2) is 36.7 Å². The van der Waals surface area contributed by atoms with Crippen LogP contribution in [0.2, 0.25) is 0 Å². The highest BCUT2D eigenvalue weighted by atomic mass is 16.4. The zero-order chi connectivity index (χ0) is 9.68. The van der Waals surface area contributed by atoms with Crippen LogP contribution in [0.3, 0.4) is 0 Å². The van der Waals surface area contributed by atoms with E-state index in [1.807, 2.05) is 0 Å². The third-order valence-electron chi connectivity index (χ3n) is 2.48.